The van der Waals surface area contributed by atoms with Crippen LogP contribution in [0.2, 0.25) is 0 Å². The molecule has 0 aliphatic rings. The fourth-order valence-corrected chi connectivity index (χ4v) is 4.50. The third-order valence-corrected chi connectivity index (χ3v) is 6.96. The molecule has 0 heterocycles. The second-order valence-electron chi connectivity index (χ2n) is 12.2. The third-order valence-electron chi connectivity index (χ3n) is 6.96. The summed E-state index contributed by atoms with van der Waals surface area (Å²) >= 11 is 0. The summed E-state index contributed by atoms with van der Waals surface area (Å²) in [5.74, 6) is -1.07. The minimum absolute atomic E-state index is 0.00550. The van der Waals surface area contributed by atoms with Crippen molar-refractivity contribution < 1.29 is 28.7 Å². The van der Waals surface area contributed by atoms with Crippen LogP contribution < -0.4 is 10.6 Å². The highest BCUT2D eigenvalue weighted by atomic mass is 16.6. The molecule has 0 fully saturated rings. The molecule has 1 aromatic carbocycles. The molecule has 0 radical (unpaired) electrons. The van der Waals surface area contributed by atoms with Crippen molar-refractivity contribution in [2.24, 2.45) is 11.8 Å². The Hall–Kier alpha value is -3.36. The van der Waals surface area contributed by atoms with E-state index >= 15 is 0 Å². The Morgan fingerprint density at radius 1 is 1.05 bits per heavy atom. The lowest BCUT2D eigenvalue weighted by Gasteiger charge is -2.40. The van der Waals surface area contributed by atoms with Crippen LogP contribution in [-0.4, -0.2) is 59.6 Å². The first-order valence-corrected chi connectivity index (χ1v) is 15.1. The zero-order valence-electron chi connectivity index (χ0n) is 27.1. The van der Waals surface area contributed by atoms with E-state index < -0.39 is 35.7 Å². The predicted octanol–water partition coefficient (Wildman–Crippen LogP) is 6.03. The van der Waals surface area contributed by atoms with Crippen LogP contribution in [0.5, 0.6) is 0 Å². The van der Waals surface area contributed by atoms with Crippen LogP contribution in [0.4, 0.5) is 4.79 Å². The van der Waals surface area contributed by atoms with E-state index in [0.717, 1.165) is 12.0 Å². The number of carbonyl (C=O) groups excluding carboxylic acids is 4. The highest BCUT2D eigenvalue weighted by molar-refractivity contribution is 5.92. The molecule has 0 aliphatic carbocycles. The Morgan fingerprint density at radius 2 is 1.71 bits per heavy atom. The summed E-state index contributed by atoms with van der Waals surface area (Å²) in [6.07, 6.45) is 3.09. The van der Waals surface area contributed by atoms with Gasteiger partial charge in [-0.1, -0.05) is 65.0 Å². The molecular formula is C33H53N3O6. The van der Waals surface area contributed by atoms with Crippen molar-refractivity contribution in [3.63, 3.8) is 0 Å². The number of benzene rings is 1. The number of carbonyl (C=O) groups is 4. The highest BCUT2D eigenvalue weighted by Crippen LogP contribution is 2.29. The van der Waals surface area contributed by atoms with E-state index in [9.17, 15) is 19.2 Å². The van der Waals surface area contributed by atoms with Crippen LogP contribution in [0.1, 0.15) is 105 Å². The summed E-state index contributed by atoms with van der Waals surface area (Å²) in [4.78, 5) is 54.9. The zero-order chi connectivity index (χ0) is 32.0. The second-order valence-corrected chi connectivity index (χ2v) is 12.2. The van der Waals surface area contributed by atoms with Crippen LogP contribution in [0.25, 0.3) is 6.08 Å². The molecule has 0 saturated carbocycles. The van der Waals surface area contributed by atoms with Gasteiger partial charge in [-0.25, -0.2) is 4.79 Å². The van der Waals surface area contributed by atoms with Gasteiger partial charge in [-0.2, -0.15) is 0 Å². The van der Waals surface area contributed by atoms with Crippen molar-refractivity contribution in [2.75, 3.05) is 13.2 Å². The number of nitrogens with zero attached hydrogens (tertiary/aromatic N) is 1. The Labute approximate surface area is 252 Å². The van der Waals surface area contributed by atoms with Crippen LogP contribution in [-0.2, 0) is 23.9 Å². The molecule has 0 aliphatic heterocycles. The van der Waals surface area contributed by atoms with Crippen molar-refractivity contribution in [1.82, 2.24) is 15.5 Å². The summed E-state index contributed by atoms with van der Waals surface area (Å²) in [6.45, 7) is 21.2. The molecule has 42 heavy (non-hydrogen) atoms. The van der Waals surface area contributed by atoms with E-state index in [-0.39, 0.29) is 37.4 Å². The minimum Gasteiger partial charge on any atom is -0.466 e. The number of hydrogen-bond acceptors (Lipinski definition) is 6. The van der Waals surface area contributed by atoms with Gasteiger partial charge in [-0.05, 0) is 76.5 Å². The van der Waals surface area contributed by atoms with Crippen LogP contribution >= 0.6 is 0 Å². The summed E-state index contributed by atoms with van der Waals surface area (Å²) in [5.41, 5.74) is 0.652. The van der Waals surface area contributed by atoms with Crippen molar-refractivity contribution in [3.05, 3.63) is 42.0 Å². The Kier molecular flexibility index (Phi) is 15.3. The molecule has 0 saturated heterocycles. The van der Waals surface area contributed by atoms with E-state index in [4.69, 9.17) is 9.47 Å². The molecule has 2 N–H and O–H groups in total. The summed E-state index contributed by atoms with van der Waals surface area (Å²) < 4.78 is 10.5. The average Bonchev–Trinajstić information content (AvgIpc) is 2.91. The summed E-state index contributed by atoms with van der Waals surface area (Å²) in [7, 11) is 0. The van der Waals surface area contributed by atoms with Gasteiger partial charge in [-0.3, -0.25) is 14.4 Å². The van der Waals surface area contributed by atoms with E-state index in [1.807, 2.05) is 39.0 Å². The van der Waals surface area contributed by atoms with Crippen molar-refractivity contribution >= 4 is 30.0 Å². The van der Waals surface area contributed by atoms with E-state index in [2.05, 4.69) is 31.1 Å². The van der Waals surface area contributed by atoms with Crippen LogP contribution in [0.3, 0.4) is 0 Å². The van der Waals surface area contributed by atoms with Gasteiger partial charge in [0.2, 0.25) is 11.8 Å². The van der Waals surface area contributed by atoms with E-state index in [0.29, 0.717) is 24.3 Å². The lowest BCUT2D eigenvalue weighted by molar-refractivity contribution is -0.147. The molecule has 0 aromatic heterocycles. The lowest BCUT2D eigenvalue weighted by Crippen LogP contribution is -2.57. The zero-order valence-corrected chi connectivity index (χ0v) is 27.1. The minimum atomic E-state index is -1.02. The third kappa shape index (κ3) is 12.2. The first-order chi connectivity index (χ1) is 19.6. The van der Waals surface area contributed by atoms with Gasteiger partial charge in [0.25, 0.3) is 0 Å². The largest absolute Gasteiger partial charge is 0.466 e. The average molecular weight is 588 g/mol. The Balaban J connectivity index is 3.65. The first kappa shape index (κ1) is 36.7. The number of ether oxygens (including phenoxy) is 2. The number of amides is 3. The quantitative estimate of drug-likeness (QED) is 0.228. The van der Waals surface area contributed by atoms with Gasteiger partial charge in [0, 0.05) is 12.6 Å². The predicted molar refractivity (Wildman–Crippen MR) is 167 cm³/mol. The molecule has 3 amide bonds. The van der Waals surface area contributed by atoms with Gasteiger partial charge in [0.05, 0.1) is 13.0 Å². The number of nitrogens with one attached hydrogen (secondary N) is 2. The normalized spacial score (nSPS) is 14.2. The van der Waals surface area contributed by atoms with E-state index in [1.165, 1.54) is 0 Å². The van der Waals surface area contributed by atoms with Crippen LogP contribution in [0.15, 0.2) is 30.8 Å². The maximum Gasteiger partial charge on any atom is 0.408 e. The molecule has 9 nitrogen and oxygen atoms in total. The SMILES string of the molecule is C=Cc1cccc(C(C(=O)NCCC(=O)OCC)N(C(=O)C(NC(=O)OC(C)(C)C)C(C)CC)C(C)CCC(C)C)c1. The fourth-order valence-electron chi connectivity index (χ4n) is 4.50. The summed E-state index contributed by atoms with van der Waals surface area (Å²) in [6, 6.07) is 5.03. The van der Waals surface area contributed by atoms with Crippen molar-refractivity contribution in [2.45, 2.75) is 112 Å². The molecule has 9 heteroatoms. The molecule has 0 bridgehead atoms. The molecule has 4 atom stereocenters. The number of hydrogen-bond donors (Lipinski definition) is 2. The van der Waals surface area contributed by atoms with Crippen molar-refractivity contribution in [3.8, 4) is 0 Å². The number of rotatable bonds is 16. The van der Waals surface area contributed by atoms with Crippen LogP contribution in [0, 0.1) is 11.8 Å². The standard InChI is InChI=1S/C33H53N3O6/c1-11-23(6)28(35-32(40)42-33(8,9)10)31(39)36(24(7)18-17-22(4)5)29(26-16-14-15-25(12-2)21-26)30(38)34-20-19-27(37)41-13-3/h12,14-16,21-24,28-29H,2,11,13,17-20H2,1,3-10H3,(H,34,38)(H,35,40). The summed E-state index contributed by atoms with van der Waals surface area (Å²) in [5, 5.41) is 5.65. The van der Waals surface area contributed by atoms with Gasteiger partial charge in [-0.15, -0.1) is 0 Å². The highest BCUT2D eigenvalue weighted by Gasteiger charge is 2.40. The second kappa shape index (κ2) is 17.6. The molecule has 1 aromatic rings. The molecule has 1 rings (SSSR count). The molecular weight excluding hydrogens is 534 g/mol. The maximum atomic E-state index is 14.6. The smallest absolute Gasteiger partial charge is 0.408 e. The molecule has 0 spiro atoms. The van der Waals surface area contributed by atoms with Gasteiger partial charge < -0.3 is 25.0 Å². The Bertz CT molecular complexity index is 1050. The van der Waals surface area contributed by atoms with Gasteiger partial charge in [0.1, 0.15) is 17.7 Å². The maximum absolute atomic E-state index is 14.6. The van der Waals surface area contributed by atoms with Crippen molar-refractivity contribution in [1.29, 1.82) is 0 Å². The van der Waals surface area contributed by atoms with Gasteiger partial charge in [0.15, 0.2) is 0 Å². The first-order valence-electron chi connectivity index (χ1n) is 15.1. The molecule has 236 valence electrons. The number of esters is 1. The fraction of sp³-hybridized carbons (Fsp3) is 0.636. The Morgan fingerprint density at radius 3 is 2.26 bits per heavy atom. The number of alkyl carbamates (subject to hydrolysis) is 1. The van der Waals surface area contributed by atoms with E-state index in [1.54, 1.807) is 44.7 Å². The monoisotopic (exact) mass is 587 g/mol. The van der Waals surface area contributed by atoms with Gasteiger partial charge >= 0.3 is 12.1 Å². The topological polar surface area (TPSA) is 114 Å². The lowest BCUT2D eigenvalue weighted by atomic mass is 9.92. The molecule has 4 unspecified atom stereocenters.